The van der Waals surface area contributed by atoms with Crippen LogP contribution in [-0.4, -0.2) is 18.4 Å². The number of nitrogens with one attached hydrogen (secondary N) is 2. The Balaban J connectivity index is 2.19. The third kappa shape index (κ3) is 4.96. The van der Waals surface area contributed by atoms with Gasteiger partial charge in [0.05, 0.1) is 12.7 Å². The Labute approximate surface area is 141 Å². The first-order chi connectivity index (χ1) is 11.1. The van der Waals surface area contributed by atoms with Crippen molar-refractivity contribution in [3.8, 4) is 11.5 Å². The number of aryl methyl sites for hydroxylation is 1. The maximum Gasteiger partial charge on any atom is 0.221 e. The molecule has 6 heteroatoms. The van der Waals surface area contributed by atoms with Crippen LogP contribution in [0.15, 0.2) is 42.5 Å². The average Bonchev–Trinajstić information content (AvgIpc) is 2.54. The molecule has 2 aromatic carbocycles. The lowest BCUT2D eigenvalue weighted by Crippen LogP contribution is -2.82. The summed E-state index contributed by atoms with van der Waals surface area (Å²) >= 11 is 4.75. The van der Waals surface area contributed by atoms with Crippen LogP contribution in [0.5, 0.6) is 11.5 Å². The number of nitrogens with two attached hydrogens (primary N) is 1. The van der Waals surface area contributed by atoms with Gasteiger partial charge < -0.3 is 15.2 Å². The first kappa shape index (κ1) is 16.8. The van der Waals surface area contributed by atoms with Crippen molar-refractivity contribution in [1.29, 1.82) is 0 Å². The van der Waals surface area contributed by atoms with E-state index in [1.54, 1.807) is 13.3 Å². The summed E-state index contributed by atoms with van der Waals surface area (Å²) in [5.74, 6) is 1.30. The SMILES string of the molecule is COc1cccc(C=[NH+]NC(N)=S)c1OCc1ccc(C)cc1. The molecule has 2 rings (SSSR count). The molecule has 0 bridgehead atoms. The van der Waals surface area contributed by atoms with E-state index in [9.17, 15) is 0 Å². The summed E-state index contributed by atoms with van der Waals surface area (Å²) in [6, 6.07) is 13.8. The summed E-state index contributed by atoms with van der Waals surface area (Å²) in [6.07, 6.45) is 1.71. The zero-order valence-electron chi connectivity index (χ0n) is 13.1. The van der Waals surface area contributed by atoms with Crippen molar-refractivity contribution >= 4 is 23.5 Å². The molecule has 23 heavy (non-hydrogen) atoms. The van der Waals surface area contributed by atoms with E-state index in [1.807, 2.05) is 30.3 Å². The highest BCUT2D eigenvalue weighted by Gasteiger charge is 2.11. The molecule has 0 aliphatic heterocycles. The molecular formula is C17H20N3O2S+. The number of ether oxygens (including phenoxy) is 2. The molecular weight excluding hydrogens is 310 g/mol. The van der Waals surface area contributed by atoms with Crippen molar-refractivity contribution in [2.75, 3.05) is 7.11 Å². The highest BCUT2D eigenvalue weighted by Crippen LogP contribution is 2.30. The molecule has 0 atom stereocenters. The Kier molecular flexibility index (Phi) is 5.94. The van der Waals surface area contributed by atoms with Crippen molar-refractivity contribution < 1.29 is 14.6 Å². The van der Waals surface area contributed by atoms with Crippen molar-refractivity contribution in [3.63, 3.8) is 0 Å². The molecule has 0 unspecified atom stereocenters. The number of methoxy groups -OCH3 is 1. The Morgan fingerprint density at radius 1 is 1.26 bits per heavy atom. The van der Waals surface area contributed by atoms with Crippen LogP contribution < -0.4 is 25.7 Å². The van der Waals surface area contributed by atoms with Gasteiger partial charge in [0.2, 0.25) is 11.3 Å². The zero-order valence-corrected chi connectivity index (χ0v) is 13.9. The molecule has 0 aromatic heterocycles. The van der Waals surface area contributed by atoms with Gasteiger partial charge in [-0.1, -0.05) is 35.9 Å². The number of para-hydroxylation sites is 1. The van der Waals surface area contributed by atoms with Crippen LogP contribution in [0.2, 0.25) is 0 Å². The van der Waals surface area contributed by atoms with Gasteiger partial charge in [-0.15, -0.1) is 10.5 Å². The fraction of sp³-hybridized carbons (Fsp3) is 0.176. The lowest BCUT2D eigenvalue weighted by Gasteiger charge is -2.12. The molecule has 0 spiro atoms. The smallest absolute Gasteiger partial charge is 0.221 e. The zero-order chi connectivity index (χ0) is 16.7. The number of hydrogen-bond donors (Lipinski definition) is 3. The molecule has 0 heterocycles. The Bertz CT molecular complexity index is 699. The predicted octanol–water partition coefficient (Wildman–Crippen LogP) is 0.830. The minimum Gasteiger partial charge on any atom is -0.493 e. The first-order valence-corrected chi connectivity index (χ1v) is 7.50. The second kappa shape index (κ2) is 8.14. The summed E-state index contributed by atoms with van der Waals surface area (Å²) in [6.45, 7) is 2.50. The summed E-state index contributed by atoms with van der Waals surface area (Å²) in [5.41, 5.74) is 11.1. The van der Waals surface area contributed by atoms with E-state index < -0.39 is 0 Å². The predicted molar refractivity (Wildman–Crippen MR) is 94.6 cm³/mol. The molecule has 0 radical (unpaired) electrons. The fourth-order valence-electron chi connectivity index (χ4n) is 1.99. The molecule has 0 amide bonds. The third-order valence-electron chi connectivity index (χ3n) is 3.16. The van der Waals surface area contributed by atoms with Gasteiger partial charge >= 0.3 is 0 Å². The van der Waals surface area contributed by atoms with E-state index in [-0.39, 0.29) is 5.11 Å². The Hall–Kier alpha value is -2.60. The van der Waals surface area contributed by atoms with Gasteiger partial charge in [0.15, 0.2) is 11.5 Å². The van der Waals surface area contributed by atoms with Crippen LogP contribution in [0.25, 0.3) is 0 Å². The Morgan fingerprint density at radius 3 is 2.65 bits per heavy atom. The van der Waals surface area contributed by atoms with E-state index in [1.165, 1.54) is 5.56 Å². The molecule has 5 nitrogen and oxygen atoms in total. The monoisotopic (exact) mass is 330 g/mol. The minimum atomic E-state index is 0.159. The van der Waals surface area contributed by atoms with Crippen molar-refractivity contribution in [3.05, 3.63) is 59.2 Å². The van der Waals surface area contributed by atoms with E-state index in [0.717, 1.165) is 11.1 Å². The van der Waals surface area contributed by atoms with Crippen LogP contribution >= 0.6 is 12.2 Å². The largest absolute Gasteiger partial charge is 0.493 e. The summed E-state index contributed by atoms with van der Waals surface area (Å²) in [5, 5.41) is 2.98. The lowest BCUT2D eigenvalue weighted by molar-refractivity contribution is -0.499. The maximum absolute atomic E-state index is 5.95. The van der Waals surface area contributed by atoms with Gasteiger partial charge in [0.25, 0.3) is 0 Å². The van der Waals surface area contributed by atoms with Gasteiger partial charge in [-0.3, -0.25) is 0 Å². The van der Waals surface area contributed by atoms with E-state index in [4.69, 9.17) is 27.4 Å². The van der Waals surface area contributed by atoms with Gasteiger partial charge in [-0.25, -0.2) is 0 Å². The number of hydrazine groups is 1. The first-order valence-electron chi connectivity index (χ1n) is 7.09. The van der Waals surface area contributed by atoms with Crippen molar-refractivity contribution in [1.82, 2.24) is 5.43 Å². The van der Waals surface area contributed by atoms with Gasteiger partial charge in [0, 0.05) is 0 Å². The van der Waals surface area contributed by atoms with E-state index >= 15 is 0 Å². The molecule has 0 saturated carbocycles. The quantitative estimate of drug-likeness (QED) is 0.416. The van der Waals surface area contributed by atoms with Crippen LogP contribution in [0, 0.1) is 6.92 Å². The third-order valence-corrected chi connectivity index (χ3v) is 3.26. The number of thiocarbonyl (C=S) groups is 1. The number of rotatable bonds is 6. The molecule has 0 saturated heterocycles. The number of hydrogen-bond acceptors (Lipinski definition) is 3. The molecule has 0 fully saturated rings. The topological polar surface area (TPSA) is 70.5 Å². The number of hydrazone groups is 1. The van der Waals surface area contributed by atoms with Gasteiger partial charge in [-0.05, 0) is 36.8 Å². The van der Waals surface area contributed by atoms with Crippen LogP contribution in [0.3, 0.4) is 0 Å². The standard InChI is InChI=1S/C17H19N3O2S/c1-12-6-8-13(9-7-12)11-22-16-14(10-19-20-17(18)23)4-3-5-15(16)21-2/h3-10H,11H2,1-2H3,(H3,18,20,23)/p+1. The fourth-order valence-corrected chi connectivity index (χ4v) is 2.05. The van der Waals surface area contributed by atoms with Crippen molar-refractivity contribution in [2.45, 2.75) is 13.5 Å². The van der Waals surface area contributed by atoms with E-state index in [2.05, 4.69) is 29.6 Å². The van der Waals surface area contributed by atoms with Crippen molar-refractivity contribution in [2.24, 2.45) is 5.73 Å². The summed E-state index contributed by atoms with van der Waals surface area (Å²) in [7, 11) is 1.61. The second-order valence-electron chi connectivity index (χ2n) is 4.93. The molecule has 120 valence electrons. The normalized spacial score (nSPS) is 10.5. The van der Waals surface area contributed by atoms with E-state index in [0.29, 0.717) is 18.1 Å². The van der Waals surface area contributed by atoms with Crippen LogP contribution in [0.4, 0.5) is 0 Å². The molecule has 2 aromatic rings. The summed E-state index contributed by atoms with van der Waals surface area (Å²) in [4.78, 5) is 0. The van der Waals surface area contributed by atoms with Crippen LogP contribution in [-0.2, 0) is 6.61 Å². The highest BCUT2D eigenvalue weighted by molar-refractivity contribution is 7.80. The van der Waals surface area contributed by atoms with Gasteiger partial charge in [0.1, 0.15) is 6.61 Å². The highest BCUT2D eigenvalue weighted by atomic mass is 32.1. The van der Waals surface area contributed by atoms with Crippen LogP contribution in [0.1, 0.15) is 16.7 Å². The average molecular weight is 330 g/mol. The minimum absolute atomic E-state index is 0.159. The number of benzene rings is 2. The molecule has 0 aliphatic carbocycles. The molecule has 4 N–H and O–H groups in total. The summed E-state index contributed by atoms with van der Waals surface area (Å²) < 4.78 is 11.3. The second-order valence-corrected chi connectivity index (χ2v) is 5.37. The maximum atomic E-state index is 5.95. The Morgan fingerprint density at radius 2 is 2.00 bits per heavy atom. The van der Waals surface area contributed by atoms with Gasteiger partial charge in [-0.2, -0.15) is 0 Å². The lowest BCUT2D eigenvalue weighted by atomic mass is 10.1. The molecule has 0 aliphatic rings.